The second-order valence-corrected chi connectivity index (χ2v) is 4.40. The number of fused-ring (bicyclic) bond motifs is 1. The maximum absolute atomic E-state index is 7.81. The molecule has 3 heteroatoms. The lowest BCUT2D eigenvalue weighted by Gasteiger charge is -2.11. The van der Waals surface area contributed by atoms with E-state index in [9.17, 15) is 0 Å². The smallest absolute Gasteiger partial charge is 0.185 e. The highest BCUT2D eigenvalue weighted by molar-refractivity contribution is 5.89. The molecule has 2 rings (SSSR count). The van der Waals surface area contributed by atoms with E-state index in [0.717, 1.165) is 5.56 Å². The molecule has 0 aliphatic heterocycles. The molecule has 0 radical (unpaired) electrons. The van der Waals surface area contributed by atoms with E-state index in [1.54, 1.807) is 0 Å². The van der Waals surface area contributed by atoms with Gasteiger partial charge in [-0.15, -0.1) is 12.4 Å². The minimum atomic E-state index is 0. The van der Waals surface area contributed by atoms with Crippen LogP contribution >= 0.6 is 12.4 Å². The highest BCUT2D eigenvalue weighted by atomic mass is 35.5. The van der Waals surface area contributed by atoms with Crippen molar-refractivity contribution in [2.75, 3.05) is 0 Å². The van der Waals surface area contributed by atoms with Gasteiger partial charge in [-0.05, 0) is 30.2 Å². The van der Waals surface area contributed by atoms with Gasteiger partial charge in [-0.3, -0.25) is 5.41 Å². The van der Waals surface area contributed by atoms with Crippen molar-refractivity contribution >= 4 is 29.1 Å². The molecule has 1 N–H and O–H groups in total. The molecule has 0 bridgehead atoms. The van der Waals surface area contributed by atoms with Crippen LogP contribution in [0.15, 0.2) is 42.5 Å². The average Bonchev–Trinajstić information content (AvgIpc) is 2.28. The van der Waals surface area contributed by atoms with Crippen LogP contribution in [0.5, 0.6) is 0 Å². The van der Waals surface area contributed by atoms with Crippen LogP contribution in [0.25, 0.3) is 10.8 Å². The zero-order valence-corrected chi connectivity index (χ0v) is 11.5. The molecule has 0 amide bonds. The molecule has 2 aromatic carbocycles. The summed E-state index contributed by atoms with van der Waals surface area (Å²) in [6, 6.07) is 14.4. The van der Waals surface area contributed by atoms with Crippen LogP contribution in [-0.4, -0.2) is 12.0 Å². The Morgan fingerprint density at radius 1 is 1.11 bits per heavy atom. The summed E-state index contributed by atoms with van der Waals surface area (Å²) >= 11 is 0. The number of rotatable bonds is 3. The fourth-order valence-electron chi connectivity index (χ4n) is 1.95. The van der Waals surface area contributed by atoms with Crippen molar-refractivity contribution in [3.63, 3.8) is 0 Å². The quantitative estimate of drug-likeness (QED) is 0.653. The van der Waals surface area contributed by atoms with Gasteiger partial charge < -0.3 is 4.74 Å². The summed E-state index contributed by atoms with van der Waals surface area (Å²) in [5.41, 5.74) is 1.15. The predicted octanol–water partition coefficient (Wildman–Crippen LogP) is 4.21. The molecule has 0 aliphatic carbocycles. The molecule has 0 heterocycles. The van der Waals surface area contributed by atoms with Gasteiger partial charge >= 0.3 is 0 Å². The Labute approximate surface area is 114 Å². The van der Waals surface area contributed by atoms with Gasteiger partial charge in [0.25, 0.3) is 0 Å². The van der Waals surface area contributed by atoms with Crippen LogP contribution < -0.4 is 0 Å². The van der Waals surface area contributed by atoms with Gasteiger partial charge in [-0.1, -0.05) is 42.5 Å². The zero-order valence-electron chi connectivity index (χ0n) is 10.6. The number of hydrogen-bond donors (Lipinski definition) is 1. The van der Waals surface area contributed by atoms with E-state index in [2.05, 4.69) is 24.3 Å². The summed E-state index contributed by atoms with van der Waals surface area (Å²) < 4.78 is 5.39. The number of nitrogens with one attached hydrogen (secondary N) is 1. The van der Waals surface area contributed by atoms with Gasteiger partial charge in [0, 0.05) is 6.42 Å². The maximum Gasteiger partial charge on any atom is 0.185 e. The van der Waals surface area contributed by atoms with Crippen LogP contribution in [0, 0.1) is 5.41 Å². The van der Waals surface area contributed by atoms with E-state index in [4.69, 9.17) is 10.1 Å². The van der Waals surface area contributed by atoms with Gasteiger partial charge in [0.05, 0.1) is 6.10 Å². The number of benzene rings is 2. The molecule has 0 unspecified atom stereocenters. The average molecular weight is 264 g/mol. The van der Waals surface area contributed by atoms with Crippen molar-refractivity contribution in [3.05, 3.63) is 48.0 Å². The maximum atomic E-state index is 7.81. The second kappa shape index (κ2) is 6.41. The van der Waals surface area contributed by atoms with Crippen LogP contribution in [0.1, 0.15) is 19.4 Å². The normalized spacial score (nSPS) is 10.2. The highest BCUT2D eigenvalue weighted by Crippen LogP contribution is 2.19. The van der Waals surface area contributed by atoms with Gasteiger partial charge in [-0.25, -0.2) is 0 Å². The minimum Gasteiger partial charge on any atom is -0.478 e. The van der Waals surface area contributed by atoms with E-state index >= 15 is 0 Å². The van der Waals surface area contributed by atoms with Crippen LogP contribution in [0.3, 0.4) is 0 Å². The number of hydrogen-bond acceptors (Lipinski definition) is 2. The van der Waals surface area contributed by atoms with E-state index in [0.29, 0.717) is 12.3 Å². The molecule has 2 nitrogen and oxygen atoms in total. The lowest BCUT2D eigenvalue weighted by Crippen LogP contribution is -2.13. The Morgan fingerprint density at radius 3 is 2.50 bits per heavy atom. The van der Waals surface area contributed by atoms with Crippen molar-refractivity contribution in [2.45, 2.75) is 26.4 Å². The third kappa shape index (κ3) is 3.47. The summed E-state index contributed by atoms with van der Waals surface area (Å²) in [7, 11) is 0. The summed E-state index contributed by atoms with van der Waals surface area (Å²) in [5, 5.41) is 10.2. The van der Waals surface area contributed by atoms with E-state index in [1.807, 2.05) is 32.0 Å². The Bertz CT molecular complexity index is 532. The molecule has 0 fully saturated rings. The molecule has 0 spiro atoms. The van der Waals surface area contributed by atoms with Gasteiger partial charge in [0.1, 0.15) is 0 Å². The van der Waals surface area contributed by atoms with Crippen molar-refractivity contribution in [2.24, 2.45) is 0 Å². The number of ether oxygens (including phenoxy) is 1. The first kappa shape index (κ1) is 14.5. The second-order valence-electron chi connectivity index (χ2n) is 4.40. The van der Waals surface area contributed by atoms with Gasteiger partial charge in [0.2, 0.25) is 0 Å². The van der Waals surface area contributed by atoms with Crippen molar-refractivity contribution in [3.8, 4) is 0 Å². The van der Waals surface area contributed by atoms with Gasteiger partial charge in [0.15, 0.2) is 5.90 Å². The van der Waals surface area contributed by atoms with Crippen LogP contribution in [0.2, 0.25) is 0 Å². The number of halogens is 1. The molecule has 0 saturated heterocycles. The van der Waals surface area contributed by atoms with Crippen LogP contribution in [0.4, 0.5) is 0 Å². The first-order valence-corrected chi connectivity index (χ1v) is 5.87. The topological polar surface area (TPSA) is 33.1 Å². The summed E-state index contributed by atoms with van der Waals surface area (Å²) in [6.45, 7) is 3.88. The lowest BCUT2D eigenvalue weighted by molar-refractivity contribution is 0.221. The fourth-order valence-corrected chi connectivity index (χ4v) is 1.95. The van der Waals surface area contributed by atoms with E-state index in [1.165, 1.54) is 10.8 Å². The molecule has 0 aromatic heterocycles. The fraction of sp³-hybridized carbons (Fsp3) is 0.267. The summed E-state index contributed by atoms with van der Waals surface area (Å²) in [5.74, 6) is 0.330. The molecular formula is C15H18ClNO. The van der Waals surface area contributed by atoms with Gasteiger partial charge in [-0.2, -0.15) is 0 Å². The van der Waals surface area contributed by atoms with Crippen molar-refractivity contribution < 1.29 is 4.74 Å². The predicted molar refractivity (Wildman–Crippen MR) is 78.8 cm³/mol. The summed E-state index contributed by atoms with van der Waals surface area (Å²) in [4.78, 5) is 0. The van der Waals surface area contributed by atoms with E-state index < -0.39 is 0 Å². The third-order valence-corrected chi connectivity index (χ3v) is 2.61. The molecular weight excluding hydrogens is 246 g/mol. The highest BCUT2D eigenvalue weighted by Gasteiger charge is 2.06. The SMILES string of the molecule is CC(C)OC(=N)Cc1cccc2ccccc12.Cl. The third-order valence-electron chi connectivity index (χ3n) is 2.61. The Balaban J connectivity index is 0.00000162. The molecule has 0 atom stereocenters. The van der Waals surface area contributed by atoms with Crippen molar-refractivity contribution in [1.82, 2.24) is 0 Å². The van der Waals surface area contributed by atoms with E-state index in [-0.39, 0.29) is 18.5 Å². The Hall–Kier alpha value is -1.54. The largest absolute Gasteiger partial charge is 0.478 e. The molecule has 0 saturated carbocycles. The molecule has 0 aliphatic rings. The molecule has 96 valence electrons. The molecule has 18 heavy (non-hydrogen) atoms. The Morgan fingerprint density at radius 2 is 1.78 bits per heavy atom. The Kier molecular flexibility index (Phi) is 5.17. The minimum absolute atomic E-state index is 0. The molecule has 2 aromatic rings. The lowest BCUT2D eigenvalue weighted by atomic mass is 10.0. The first-order chi connectivity index (χ1) is 8.16. The summed E-state index contributed by atoms with van der Waals surface area (Å²) in [6.07, 6.45) is 0.622. The van der Waals surface area contributed by atoms with Crippen LogP contribution in [-0.2, 0) is 11.2 Å². The van der Waals surface area contributed by atoms with Crippen molar-refractivity contribution in [1.29, 1.82) is 5.41 Å². The zero-order chi connectivity index (χ0) is 12.3. The monoisotopic (exact) mass is 263 g/mol. The first-order valence-electron chi connectivity index (χ1n) is 5.87. The standard InChI is InChI=1S/C15H17NO.ClH/c1-11(2)17-15(16)10-13-8-5-7-12-6-3-4-9-14(12)13;/h3-9,11,16H,10H2,1-2H3;1H.